The normalized spacial score (nSPS) is 42.3. The van der Waals surface area contributed by atoms with Gasteiger partial charge in [0.15, 0.2) is 17.2 Å². The number of thioether (sulfide) groups is 1. The first-order valence-corrected chi connectivity index (χ1v) is 13.9. The third-order valence-corrected chi connectivity index (χ3v) is 10.7. The number of aliphatic hydroxyl groups excluding tert-OH is 1. The summed E-state index contributed by atoms with van der Waals surface area (Å²) in [5, 5.41) is 11.9. The SMILES string of the molecule is CC(C)SCC(=O)O[C@]1(C(=O)CCl)CC[C@H]2[C@@H]3CCC4=CC(=O)CC[C@]4(C)[C@H]3[C@@H](O)C[C@@]21C. The smallest absolute Gasteiger partial charge is 0.316 e. The van der Waals surface area contributed by atoms with Gasteiger partial charge in [-0.15, -0.1) is 23.4 Å². The number of halogens is 1. The molecule has 5 nitrogen and oxygen atoms in total. The second-order valence-corrected chi connectivity index (χ2v) is 13.2. The lowest BCUT2D eigenvalue weighted by molar-refractivity contribution is -0.198. The molecule has 1 N–H and O–H groups in total. The standard InChI is InChI=1S/C26H37ClO5S/c1-15(2)33-14-22(31)32-26(21(30)13-27)10-8-19-18-6-5-16-11-17(28)7-9-24(16,3)23(18)20(29)12-25(19,26)4/h11,15,18-20,23,29H,5-10,12-14H2,1-4H3/t18-,19-,20-,23+,24-,25-,26-/m0/s1. The van der Waals surface area contributed by atoms with Gasteiger partial charge in [0.2, 0.25) is 0 Å². The Bertz CT molecular complexity index is 871. The topological polar surface area (TPSA) is 80.7 Å². The van der Waals surface area contributed by atoms with Crippen molar-refractivity contribution in [2.45, 2.75) is 89.6 Å². The Balaban J connectivity index is 1.68. The van der Waals surface area contributed by atoms with E-state index in [1.54, 1.807) is 0 Å². The average molecular weight is 497 g/mol. The van der Waals surface area contributed by atoms with E-state index >= 15 is 0 Å². The fourth-order valence-electron chi connectivity index (χ4n) is 7.92. The number of carbonyl (C=O) groups excluding carboxylic acids is 3. The summed E-state index contributed by atoms with van der Waals surface area (Å²) in [6, 6.07) is 0. The first kappa shape index (κ1) is 25.2. The van der Waals surface area contributed by atoms with E-state index in [-0.39, 0.29) is 57.6 Å². The molecule has 0 radical (unpaired) electrons. The lowest BCUT2D eigenvalue weighted by atomic mass is 9.45. The number of alkyl halides is 1. The van der Waals surface area contributed by atoms with Crippen molar-refractivity contribution < 1.29 is 24.2 Å². The van der Waals surface area contributed by atoms with Gasteiger partial charge in [0, 0.05) is 11.8 Å². The number of ether oxygens (including phenoxy) is 1. The molecule has 0 spiro atoms. The van der Waals surface area contributed by atoms with Crippen molar-refractivity contribution in [1.82, 2.24) is 0 Å². The molecule has 184 valence electrons. The zero-order chi connectivity index (χ0) is 24.2. The van der Waals surface area contributed by atoms with Gasteiger partial charge in [-0.3, -0.25) is 14.4 Å². The molecule has 0 heterocycles. The van der Waals surface area contributed by atoms with E-state index in [1.807, 2.05) is 26.8 Å². The molecule has 0 unspecified atom stereocenters. The van der Waals surface area contributed by atoms with Crippen LogP contribution in [0.25, 0.3) is 0 Å². The van der Waals surface area contributed by atoms with Crippen LogP contribution in [0.5, 0.6) is 0 Å². The minimum atomic E-state index is -1.28. The van der Waals surface area contributed by atoms with Crippen LogP contribution in [-0.2, 0) is 19.1 Å². The molecular weight excluding hydrogens is 460 g/mol. The molecule has 3 saturated carbocycles. The quantitative estimate of drug-likeness (QED) is 0.423. The highest BCUT2D eigenvalue weighted by molar-refractivity contribution is 8.00. The number of Topliss-reactive ketones (excluding diaryl/α,β-unsaturated/α-hetero) is 1. The van der Waals surface area contributed by atoms with Gasteiger partial charge < -0.3 is 9.84 Å². The van der Waals surface area contributed by atoms with Gasteiger partial charge in [0.25, 0.3) is 0 Å². The summed E-state index contributed by atoms with van der Waals surface area (Å²) in [7, 11) is 0. The number of carbonyl (C=O) groups is 3. The van der Waals surface area contributed by atoms with Gasteiger partial charge in [0.1, 0.15) is 0 Å². The Morgan fingerprint density at radius 3 is 2.64 bits per heavy atom. The van der Waals surface area contributed by atoms with Crippen LogP contribution in [0.2, 0.25) is 0 Å². The molecule has 4 aliphatic rings. The molecule has 0 aromatic heterocycles. The fraction of sp³-hybridized carbons (Fsp3) is 0.808. The predicted octanol–water partition coefficient (Wildman–Crippen LogP) is 4.72. The summed E-state index contributed by atoms with van der Waals surface area (Å²) in [6.45, 7) is 8.29. The van der Waals surface area contributed by atoms with Crippen molar-refractivity contribution in [3.05, 3.63) is 11.6 Å². The van der Waals surface area contributed by atoms with Gasteiger partial charge in [-0.25, -0.2) is 0 Å². The molecular formula is C26H37ClO5S. The summed E-state index contributed by atoms with van der Waals surface area (Å²) in [5.41, 5.74) is -0.940. The number of fused-ring (bicyclic) bond motifs is 5. The molecule has 4 rings (SSSR count). The van der Waals surface area contributed by atoms with E-state index < -0.39 is 17.1 Å². The van der Waals surface area contributed by atoms with E-state index in [4.69, 9.17) is 16.3 Å². The highest BCUT2D eigenvalue weighted by atomic mass is 35.5. The van der Waals surface area contributed by atoms with E-state index in [0.29, 0.717) is 19.3 Å². The lowest BCUT2D eigenvalue weighted by Gasteiger charge is -2.60. The van der Waals surface area contributed by atoms with Crippen molar-refractivity contribution in [3.63, 3.8) is 0 Å². The number of ketones is 2. The third-order valence-electron chi connectivity index (χ3n) is 9.41. The average Bonchev–Trinajstić information content (AvgIpc) is 3.04. The molecule has 0 aliphatic heterocycles. The predicted molar refractivity (Wildman–Crippen MR) is 130 cm³/mol. The van der Waals surface area contributed by atoms with Crippen LogP contribution < -0.4 is 0 Å². The molecule has 0 aromatic rings. The van der Waals surface area contributed by atoms with Gasteiger partial charge in [-0.1, -0.05) is 33.3 Å². The zero-order valence-corrected chi connectivity index (χ0v) is 21.8. The molecule has 0 bridgehead atoms. The summed E-state index contributed by atoms with van der Waals surface area (Å²) < 4.78 is 6.09. The molecule has 0 amide bonds. The van der Waals surface area contributed by atoms with Crippen LogP contribution in [-0.4, -0.2) is 51.2 Å². The fourth-order valence-corrected chi connectivity index (χ4v) is 8.67. The van der Waals surface area contributed by atoms with Gasteiger partial charge >= 0.3 is 5.97 Å². The monoisotopic (exact) mass is 496 g/mol. The number of aliphatic hydroxyl groups is 1. The van der Waals surface area contributed by atoms with Gasteiger partial charge in [0.05, 0.1) is 17.7 Å². The highest BCUT2D eigenvalue weighted by Gasteiger charge is 2.70. The molecule has 7 heteroatoms. The lowest BCUT2D eigenvalue weighted by Crippen LogP contribution is -2.63. The largest absolute Gasteiger partial charge is 0.450 e. The maximum absolute atomic E-state index is 13.3. The first-order chi connectivity index (χ1) is 15.5. The van der Waals surface area contributed by atoms with Crippen LogP contribution in [0.3, 0.4) is 0 Å². The Morgan fingerprint density at radius 2 is 1.97 bits per heavy atom. The van der Waals surface area contributed by atoms with Crippen LogP contribution >= 0.6 is 23.4 Å². The van der Waals surface area contributed by atoms with Crippen LogP contribution in [0.4, 0.5) is 0 Å². The molecule has 0 saturated heterocycles. The second kappa shape index (κ2) is 8.98. The molecule has 33 heavy (non-hydrogen) atoms. The first-order valence-electron chi connectivity index (χ1n) is 12.3. The summed E-state index contributed by atoms with van der Waals surface area (Å²) >= 11 is 7.58. The minimum Gasteiger partial charge on any atom is -0.450 e. The number of rotatable bonds is 6. The number of esters is 1. The number of hydrogen-bond acceptors (Lipinski definition) is 6. The second-order valence-electron chi connectivity index (χ2n) is 11.3. The van der Waals surface area contributed by atoms with Crippen molar-refractivity contribution in [2.24, 2.45) is 28.6 Å². The summed E-state index contributed by atoms with van der Waals surface area (Å²) in [5.74, 6) is 0.00920. The van der Waals surface area contributed by atoms with E-state index in [1.165, 1.54) is 17.3 Å². The molecule has 3 fully saturated rings. The number of allylic oxidation sites excluding steroid dienone is 1. The third kappa shape index (κ3) is 3.92. The maximum atomic E-state index is 13.3. The van der Waals surface area contributed by atoms with Crippen molar-refractivity contribution in [2.75, 3.05) is 11.6 Å². The molecule has 7 atom stereocenters. The van der Waals surface area contributed by atoms with Crippen LogP contribution in [0.15, 0.2) is 11.6 Å². The summed E-state index contributed by atoms with van der Waals surface area (Å²) in [6.07, 6.45) is 5.89. The minimum absolute atomic E-state index is 0.0535. The highest BCUT2D eigenvalue weighted by Crippen LogP contribution is 2.68. The number of hydrogen-bond donors (Lipinski definition) is 1. The van der Waals surface area contributed by atoms with Crippen LogP contribution in [0.1, 0.15) is 72.6 Å². The molecule has 0 aromatic carbocycles. The molecule has 4 aliphatic carbocycles. The van der Waals surface area contributed by atoms with E-state index in [2.05, 4.69) is 6.92 Å². The van der Waals surface area contributed by atoms with Crippen molar-refractivity contribution in [3.8, 4) is 0 Å². The Morgan fingerprint density at radius 1 is 1.24 bits per heavy atom. The van der Waals surface area contributed by atoms with Gasteiger partial charge in [-0.05, 0) is 73.0 Å². The van der Waals surface area contributed by atoms with E-state index in [9.17, 15) is 19.5 Å². The van der Waals surface area contributed by atoms with Crippen molar-refractivity contribution in [1.29, 1.82) is 0 Å². The maximum Gasteiger partial charge on any atom is 0.316 e. The Hall–Kier alpha value is -0.850. The Kier molecular flexibility index (Phi) is 6.87. The van der Waals surface area contributed by atoms with Gasteiger partial charge in [-0.2, -0.15) is 0 Å². The van der Waals surface area contributed by atoms with E-state index in [0.717, 1.165) is 25.7 Å². The summed E-state index contributed by atoms with van der Waals surface area (Å²) in [4.78, 5) is 38.2. The Labute approximate surface area is 206 Å². The van der Waals surface area contributed by atoms with Crippen LogP contribution in [0, 0.1) is 28.6 Å². The zero-order valence-electron chi connectivity index (χ0n) is 20.2. The van der Waals surface area contributed by atoms with Crippen molar-refractivity contribution >= 4 is 40.9 Å².